The van der Waals surface area contributed by atoms with Crippen LogP contribution in [0.2, 0.25) is 0 Å². The van der Waals surface area contributed by atoms with E-state index in [1.807, 2.05) is 18.2 Å². The highest BCUT2D eigenvalue weighted by atomic mass is 19.1. The second-order valence-corrected chi connectivity index (χ2v) is 7.40. The van der Waals surface area contributed by atoms with E-state index in [0.29, 0.717) is 31.4 Å². The molecule has 1 N–H and O–H groups in total. The van der Waals surface area contributed by atoms with Crippen LogP contribution in [0.1, 0.15) is 5.56 Å². The van der Waals surface area contributed by atoms with Crippen LogP contribution in [0.4, 0.5) is 16.2 Å². The predicted octanol–water partition coefficient (Wildman–Crippen LogP) is 3.45. The summed E-state index contributed by atoms with van der Waals surface area (Å²) in [7, 11) is 0. The number of aromatic nitrogens is 4. The van der Waals surface area contributed by atoms with Gasteiger partial charge in [0.25, 0.3) is 0 Å². The zero-order valence-corrected chi connectivity index (χ0v) is 17.0. The fraction of sp³-hybridized carbons (Fsp3) is 0.261. The lowest BCUT2D eigenvalue weighted by atomic mass is 10.1. The van der Waals surface area contributed by atoms with Gasteiger partial charge in [0, 0.05) is 19.6 Å². The van der Waals surface area contributed by atoms with Crippen LogP contribution in [-0.2, 0) is 11.2 Å². The van der Waals surface area contributed by atoms with Gasteiger partial charge in [-0.05, 0) is 36.2 Å². The molecule has 158 valence electrons. The Morgan fingerprint density at radius 2 is 1.74 bits per heavy atom. The monoisotopic (exact) mass is 418 g/mol. The lowest BCUT2D eigenvalue weighted by Crippen LogP contribution is -2.37. The van der Waals surface area contributed by atoms with E-state index in [4.69, 9.17) is 14.7 Å². The molecule has 2 aromatic heterocycles. The molecular weight excluding hydrogens is 395 g/mol. The van der Waals surface area contributed by atoms with Crippen molar-refractivity contribution in [3.8, 4) is 5.69 Å². The maximum Gasteiger partial charge on any atom is 0.226 e. The lowest BCUT2D eigenvalue weighted by molar-refractivity contribution is 0.122. The topological polar surface area (TPSA) is 68.1 Å². The van der Waals surface area contributed by atoms with E-state index in [2.05, 4.69) is 27.4 Å². The Morgan fingerprint density at radius 3 is 2.52 bits per heavy atom. The normalized spacial score (nSPS) is 14.2. The molecule has 1 saturated heterocycles. The minimum absolute atomic E-state index is 0.285. The molecule has 7 nitrogen and oxygen atoms in total. The first-order chi connectivity index (χ1) is 15.3. The molecule has 31 heavy (non-hydrogen) atoms. The molecule has 0 saturated carbocycles. The van der Waals surface area contributed by atoms with Crippen molar-refractivity contribution < 1.29 is 9.13 Å². The highest BCUT2D eigenvalue weighted by Gasteiger charge is 2.20. The molecule has 0 aliphatic carbocycles. The lowest BCUT2D eigenvalue weighted by Gasteiger charge is -2.28. The van der Waals surface area contributed by atoms with Gasteiger partial charge in [-0.2, -0.15) is 15.1 Å². The molecule has 0 radical (unpaired) electrons. The maximum absolute atomic E-state index is 13.4. The summed E-state index contributed by atoms with van der Waals surface area (Å²) < 4.78 is 20.6. The Bertz CT molecular complexity index is 1160. The van der Waals surface area contributed by atoms with E-state index in [0.717, 1.165) is 36.4 Å². The smallest absolute Gasteiger partial charge is 0.226 e. The molecule has 1 aliphatic rings. The van der Waals surface area contributed by atoms with Gasteiger partial charge in [-0.15, -0.1) is 0 Å². The van der Waals surface area contributed by atoms with Crippen molar-refractivity contribution in [2.75, 3.05) is 43.1 Å². The molecule has 4 aromatic rings. The number of benzene rings is 2. The summed E-state index contributed by atoms with van der Waals surface area (Å²) in [5.74, 6) is 1.10. The van der Waals surface area contributed by atoms with E-state index in [1.54, 1.807) is 23.0 Å². The Hall–Kier alpha value is -3.52. The fourth-order valence-electron chi connectivity index (χ4n) is 3.72. The predicted molar refractivity (Wildman–Crippen MR) is 118 cm³/mol. The van der Waals surface area contributed by atoms with Crippen LogP contribution in [0.3, 0.4) is 0 Å². The molecule has 3 heterocycles. The van der Waals surface area contributed by atoms with Crippen LogP contribution in [0, 0.1) is 5.82 Å². The first kappa shape index (κ1) is 19.4. The second-order valence-electron chi connectivity index (χ2n) is 7.40. The summed E-state index contributed by atoms with van der Waals surface area (Å²) >= 11 is 0. The summed E-state index contributed by atoms with van der Waals surface area (Å²) in [5, 5.41) is 8.75. The number of hydrogen-bond donors (Lipinski definition) is 1. The minimum atomic E-state index is -0.285. The van der Waals surface area contributed by atoms with Gasteiger partial charge in [0.2, 0.25) is 5.95 Å². The molecule has 1 fully saturated rings. The van der Waals surface area contributed by atoms with Gasteiger partial charge < -0.3 is 15.0 Å². The number of anilines is 2. The molecule has 0 amide bonds. The largest absolute Gasteiger partial charge is 0.378 e. The average Bonchev–Trinajstić information content (AvgIpc) is 3.24. The Morgan fingerprint density at radius 1 is 0.968 bits per heavy atom. The fourth-order valence-corrected chi connectivity index (χ4v) is 3.72. The quantitative estimate of drug-likeness (QED) is 0.517. The third-order valence-electron chi connectivity index (χ3n) is 5.33. The molecule has 0 unspecified atom stereocenters. The Labute approximate surface area is 179 Å². The Kier molecular flexibility index (Phi) is 5.45. The number of halogens is 1. The van der Waals surface area contributed by atoms with Crippen molar-refractivity contribution in [1.29, 1.82) is 0 Å². The van der Waals surface area contributed by atoms with E-state index in [1.165, 1.54) is 17.7 Å². The van der Waals surface area contributed by atoms with Gasteiger partial charge in [-0.3, -0.25) is 0 Å². The van der Waals surface area contributed by atoms with Crippen molar-refractivity contribution in [3.63, 3.8) is 0 Å². The molecule has 2 aromatic carbocycles. The summed E-state index contributed by atoms with van der Waals surface area (Å²) in [4.78, 5) is 11.8. The summed E-state index contributed by atoms with van der Waals surface area (Å²) in [6.07, 6.45) is 2.64. The number of morpholine rings is 1. The number of nitrogens with zero attached hydrogens (tertiary/aromatic N) is 5. The highest BCUT2D eigenvalue weighted by molar-refractivity contribution is 5.89. The van der Waals surface area contributed by atoms with Crippen molar-refractivity contribution >= 4 is 22.8 Å². The third kappa shape index (κ3) is 4.20. The summed E-state index contributed by atoms with van der Waals surface area (Å²) in [5.41, 5.74) is 2.68. The molecule has 0 bridgehead atoms. The standard InChI is InChI=1S/C23H23FN6O/c24-18-6-8-19(9-7-18)30-22-20(16-26-30)21(29-12-14-31-15-13-29)27-23(28-22)25-11-10-17-4-2-1-3-5-17/h1-9,16H,10-15H2,(H,25,27,28). The highest BCUT2D eigenvalue weighted by Crippen LogP contribution is 2.27. The van der Waals surface area contributed by atoms with Crippen LogP contribution in [-0.4, -0.2) is 52.6 Å². The minimum Gasteiger partial charge on any atom is -0.378 e. The zero-order valence-electron chi connectivity index (χ0n) is 17.0. The van der Waals surface area contributed by atoms with Crippen molar-refractivity contribution in [3.05, 3.63) is 72.2 Å². The molecule has 5 rings (SSSR count). The van der Waals surface area contributed by atoms with Crippen LogP contribution in [0.15, 0.2) is 60.8 Å². The van der Waals surface area contributed by atoms with Crippen molar-refractivity contribution in [2.45, 2.75) is 6.42 Å². The summed E-state index contributed by atoms with van der Waals surface area (Å²) in [6, 6.07) is 16.5. The number of fused-ring (bicyclic) bond motifs is 1. The number of rotatable bonds is 6. The van der Waals surface area contributed by atoms with Gasteiger partial charge in [-0.25, -0.2) is 9.07 Å². The maximum atomic E-state index is 13.4. The number of nitrogens with one attached hydrogen (secondary N) is 1. The first-order valence-corrected chi connectivity index (χ1v) is 10.4. The Balaban J connectivity index is 1.50. The van der Waals surface area contributed by atoms with E-state index in [9.17, 15) is 4.39 Å². The van der Waals surface area contributed by atoms with Crippen LogP contribution in [0.25, 0.3) is 16.7 Å². The second kappa shape index (κ2) is 8.69. The molecule has 1 aliphatic heterocycles. The van der Waals surface area contributed by atoms with Crippen LogP contribution in [0.5, 0.6) is 0 Å². The molecular formula is C23H23FN6O. The molecule has 0 spiro atoms. The first-order valence-electron chi connectivity index (χ1n) is 10.4. The van der Waals surface area contributed by atoms with Gasteiger partial charge >= 0.3 is 0 Å². The molecule has 0 atom stereocenters. The number of ether oxygens (including phenoxy) is 1. The third-order valence-corrected chi connectivity index (χ3v) is 5.33. The molecule has 8 heteroatoms. The average molecular weight is 418 g/mol. The number of hydrogen-bond acceptors (Lipinski definition) is 6. The van der Waals surface area contributed by atoms with Gasteiger partial charge in [0.05, 0.1) is 30.5 Å². The van der Waals surface area contributed by atoms with Crippen LogP contribution >= 0.6 is 0 Å². The van der Waals surface area contributed by atoms with Crippen molar-refractivity contribution in [2.24, 2.45) is 0 Å². The van der Waals surface area contributed by atoms with Gasteiger partial charge in [0.1, 0.15) is 11.6 Å². The SMILES string of the molecule is Fc1ccc(-n2ncc3c(N4CCOCC4)nc(NCCc4ccccc4)nc32)cc1. The van der Waals surface area contributed by atoms with Crippen LogP contribution < -0.4 is 10.2 Å². The van der Waals surface area contributed by atoms with Crippen molar-refractivity contribution in [1.82, 2.24) is 19.7 Å². The summed E-state index contributed by atoms with van der Waals surface area (Å²) in [6.45, 7) is 3.56. The van der Waals surface area contributed by atoms with E-state index in [-0.39, 0.29) is 5.82 Å². The zero-order chi connectivity index (χ0) is 21.0. The van der Waals surface area contributed by atoms with E-state index >= 15 is 0 Å². The van der Waals surface area contributed by atoms with E-state index < -0.39 is 0 Å². The van der Waals surface area contributed by atoms with Gasteiger partial charge in [0.15, 0.2) is 5.65 Å². The van der Waals surface area contributed by atoms with Gasteiger partial charge in [-0.1, -0.05) is 30.3 Å².